The minimum absolute atomic E-state index is 0.0132. The second-order valence-corrected chi connectivity index (χ2v) is 10.0. The van der Waals surface area contributed by atoms with Crippen molar-refractivity contribution in [3.05, 3.63) is 71.8 Å². The molecular weight excluding hydrogens is 456 g/mol. The molecule has 1 aromatic carbocycles. The van der Waals surface area contributed by atoms with Crippen LogP contribution in [0.2, 0.25) is 0 Å². The highest BCUT2D eigenvalue weighted by molar-refractivity contribution is 5.89. The predicted molar refractivity (Wildman–Crippen MR) is 136 cm³/mol. The van der Waals surface area contributed by atoms with E-state index >= 15 is 0 Å². The van der Waals surface area contributed by atoms with Crippen molar-refractivity contribution in [1.82, 2.24) is 35.6 Å². The van der Waals surface area contributed by atoms with Crippen LogP contribution in [0.5, 0.6) is 0 Å². The van der Waals surface area contributed by atoms with Gasteiger partial charge in [0.15, 0.2) is 0 Å². The Kier molecular flexibility index (Phi) is 6.27. The van der Waals surface area contributed by atoms with Crippen LogP contribution in [0.25, 0.3) is 11.1 Å². The molecule has 0 saturated carbocycles. The number of carbonyl (C=O) groups excluding carboxylic acids is 1. The fraction of sp³-hybridized carbons (Fsp3) is 0.346. The number of nitrogens with one attached hydrogen (secondary N) is 3. The summed E-state index contributed by atoms with van der Waals surface area (Å²) in [5, 5.41) is 22.0. The average Bonchev–Trinajstić information content (AvgIpc) is 3.46. The highest BCUT2D eigenvalue weighted by Gasteiger charge is 2.27. The normalized spacial score (nSPS) is 15.7. The number of fused-ring (bicyclic) bond motifs is 1. The van der Waals surface area contributed by atoms with Gasteiger partial charge in [-0.25, -0.2) is 4.98 Å². The van der Waals surface area contributed by atoms with Gasteiger partial charge < -0.3 is 20.4 Å². The number of amides is 1. The van der Waals surface area contributed by atoms with Crippen LogP contribution in [0.3, 0.4) is 0 Å². The van der Waals surface area contributed by atoms with E-state index in [1.165, 1.54) is 0 Å². The molecule has 0 saturated heterocycles. The molecule has 1 amide bonds. The fourth-order valence-corrected chi connectivity index (χ4v) is 4.20. The lowest BCUT2D eigenvalue weighted by molar-refractivity contribution is 0.0896. The van der Waals surface area contributed by atoms with Crippen LogP contribution in [-0.4, -0.2) is 37.4 Å². The van der Waals surface area contributed by atoms with Crippen LogP contribution in [0.1, 0.15) is 60.9 Å². The SMILES string of the molecule is Cn1cc(Nc2cc(-c3ccc4c(c3)CNCCC4NC(=O)c3nnc(C(C)(C)C)o3)ccn2)cn1. The van der Waals surface area contributed by atoms with Gasteiger partial charge in [-0.15, -0.1) is 10.2 Å². The second kappa shape index (κ2) is 9.54. The van der Waals surface area contributed by atoms with Crippen molar-refractivity contribution in [1.29, 1.82) is 0 Å². The number of anilines is 2. The van der Waals surface area contributed by atoms with E-state index in [9.17, 15) is 4.79 Å². The number of aromatic nitrogens is 5. The first kappa shape index (κ1) is 23.7. The minimum Gasteiger partial charge on any atom is -0.416 e. The minimum atomic E-state index is -0.361. The van der Waals surface area contributed by atoms with E-state index in [-0.39, 0.29) is 23.3 Å². The first-order valence-corrected chi connectivity index (χ1v) is 12.0. The maximum absolute atomic E-state index is 12.9. The summed E-state index contributed by atoms with van der Waals surface area (Å²) in [7, 11) is 1.87. The number of benzene rings is 1. The Hall–Kier alpha value is -4.05. The van der Waals surface area contributed by atoms with Gasteiger partial charge in [-0.05, 0) is 53.4 Å². The van der Waals surface area contributed by atoms with Gasteiger partial charge >= 0.3 is 11.8 Å². The third-order valence-electron chi connectivity index (χ3n) is 6.08. The standard InChI is InChI=1S/C26H30N8O2/c1-26(2,3)25-33-32-24(36-25)23(35)31-21-8-9-27-13-18-11-16(5-6-20(18)21)17-7-10-28-22(12-17)30-19-14-29-34(4)15-19/h5-7,10-12,14-15,21,27H,8-9,13H2,1-4H3,(H,28,30)(H,31,35). The van der Waals surface area contributed by atoms with E-state index in [1.54, 1.807) is 17.1 Å². The molecule has 0 aliphatic carbocycles. The molecule has 1 aliphatic heterocycles. The summed E-state index contributed by atoms with van der Waals surface area (Å²) in [5.74, 6) is 0.809. The molecule has 0 radical (unpaired) electrons. The molecule has 4 aromatic rings. The Morgan fingerprint density at radius 2 is 2.00 bits per heavy atom. The summed E-state index contributed by atoms with van der Waals surface area (Å²) < 4.78 is 7.37. The van der Waals surface area contributed by atoms with E-state index in [0.717, 1.165) is 53.3 Å². The van der Waals surface area contributed by atoms with Gasteiger partial charge in [-0.2, -0.15) is 5.10 Å². The summed E-state index contributed by atoms with van der Waals surface area (Å²) in [6.45, 7) is 7.39. The number of pyridine rings is 1. The van der Waals surface area contributed by atoms with Crippen molar-refractivity contribution in [2.24, 2.45) is 7.05 Å². The number of carbonyl (C=O) groups is 1. The van der Waals surface area contributed by atoms with Gasteiger partial charge in [0, 0.05) is 31.4 Å². The van der Waals surface area contributed by atoms with Crippen LogP contribution >= 0.6 is 0 Å². The van der Waals surface area contributed by atoms with E-state index in [0.29, 0.717) is 5.89 Å². The average molecular weight is 487 g/mol. The number of hydrogen-bond acceptors (Lipinski definition) is 8. The zero-order valence-corrected chi connectivity index (χ0v) is 20.9. The molecule has 3 N–H and O–H groups in total. The van der Waals surface area contributed by atoms with Crippen molar-refractivity contribution in [3.8, 4) is 11.1 Å². The molecule has 5 rings (SSSR count). The Labute approximate surface area is 209 Å². The smallest absolute Gasteiger partial charge is 0.309 e. The molecule has 0 fully saturated rings. The highest BCUT2D eigenvalue weighted by atomic mass is 16.4. The lowest BCUT2D eigenvalue weighted by Gasteiger charge is -2.19. The second-order valence-electron chi connectivity index (χ2n) is 10.0. The molecule has 1 aliphatic rings. The Balaban J connectivity index is 1.36. The van der Waals surface area contributed by atoms with Crippen LogP contribution in [-0.2, 0) is 19.0 Å². The Bertz CT molecular complexity index is 1380. The van der Waals surface area contributed by atoms with Gasteiger partial charge in [-0.1, -0.05) is 32.9 Å². The lowest BCUT2D eigenvalue weighted by Crippen LogP contribution is -2.30. The quantitative estimate of drug-likeness (QED) is 0.389. The summed E-state index contributed by atoms with van der Waals surface area (Å²) >= 11 is 0. The molecule has 0 spiro atoms. The number of aryl methyl sites for hydroxylation is 1. The van der Waals surface area contributed by atoms with Gasteiger partial charge in [0.05, 0.1) is 17.9 Å². The van der Waals surface area contributed by atoms with Crippen LogP contribution < -0.4 is 16.0 Å². The molecule has 10 heteroatoms. The fourth-order valence-electron chi connectivity index (χ4n) is 4.20. The number of nitrogens with zero attached hydrogens (tertiary/aromatic N) is 5. The van der Waals surface area contributed by atoms with E-state index in [2.05, 4.69) is 54.4 Å². The topological polar surface area (TPSA) is 123 Å². The Morgan fingerprint density at radius 1 is 1.17 bits per heavy atom. The molecule has 186 valence electrons. The van der Waals surface area contributed by atoms with Crippen molar-refractivity contribution >= 4 is 17.4 Å². The third kappa shape index (κ3) is 5.13. The van der Waals surface area contributed by atoms with Crippen molar-refractivity contribution < 1.29 is 9.21 Å². The molecular formula is C26H30N8O2. The zero-order valence-electron chi connectivity index (χ0n) is 20.9. The summed E-state index contributed by atoms with van der Waals surface area (Å²) in [5.41, 5.74) is 4.89. The maximum atomic E-state index is 12.9. The molecule has 0 bridgehead atoms. The van der Waals surface area contributed by atoms with E-state index < -0.39 is 0 Å². The lowest BCUT2D eigenvalue weighted by atomic mass is 9.95. The summed E-state index contributed by atoms with van der Waals surface area (Å²) in [6.07, 6.45) is 6.20. The van der Waals surface area contributed by atoms with Crippen molar-refractivity contribution in [3.63, 3.8) is 0 Å². The molecule has 1 unspecified atom stereocenters. The zero-order chi connectivity index (χ0) is 25.3. The first-order valence-electron chi connectivity index (χ1n) is 12.0. The third-order valence-corrected chi connectivity index (χ3v) is 6.08. The molecule has 36 heavy (non-hydrogen) atoms. The molecule has 10 nitrogen and oxygen atoms in total. The van der Waals surface area contributed by atoms with Crippen molar-refractivity contribution in [2.45, 2.75) is 45.2 Å². The van der Waals surface area contributed by atoms with Gasteiger partial charge in [0.1, 0.15) is 5.82 Å². The van der Waals surface area contributed by atoms with Crippen molar-refractivity contribution in [2.75, 3.05) is 11.9 Å². The molecule has 4 heterocycles. The van der Waals surface area contributed by atoms with Crippen LogP contribution in [0.15, 0.2) is 53.3 Å². The van der Waals surface area contributed by atoms with Crippen LogP contribution in [0, 0.1) is 0 Å². The van der Waals surface area contributed by atoms with Gasteiger partial charge in [0.2, 0.25) is 5.89 Å². The summed E-state index contributed by atoms with van der Waals surface area (Å²) in [4.78, 5) is 17.3. The van der Waals surface area contributed by atoms with E-state index in [4.69, 9.17) is 4.42 Å². The molecule has 3 aromatic heterocycles. The van der Waals surface area contributed by atoms with Crippen LogP contribution in [0.4, 0.5) is 11.5 Å². The molecule has 1 atom stereocenters. The Morgan fingerprint density at radius 3 is 2.75 bits per heavy atom. The predicted octanol–water partition coefficient (Wildman–Crippen LogP) is 3.87. The van der Waals surface area contributed by atoms with Gasteiger partial charge in [0.25, 0.3) is 0 Å². The van der Waals surface area contributed by atoms with Gasteiger partial charge in [-0.3, -0.25) is 9.48 Å². The summed E-state index contributed by atoms with van der Waals surface area (Å²) in [6, 6.07) is 10.2. The number of rotatable bonds is 5. The van der Waals surface area contributed by atoms with E-state index in [1.807, 2.05) is 46.1 Å². The monoisotopic (exact) mass is 486 g/mol. The highest BCUT2D eigenvalue weighted by Crippen LogP contribution is 2.30. The maximum Gasteiger partial charge on any atom is 0.309 e. The largest absolute Gasteiger partial charge is 0.416 e. The first-order chi connectivity index (χ1) is 17.3. The number of hydrogen-bond donors (Lipinski definition) is 3.